The predicted molar refractivity (Wildman–Crippen MR) is 104 cm³/mol. The summed E-state index contributed by atoms with van der Waals surface area (Å²) in [5, 5.41) is 2.38. The maximum atomic E-state index is 12.6. The van der Waals surface area contributed by atoms with Gasteiger partial charge in [0.2, 0.25) is 5.91 Å². The number of carbonyl (C=O) groups excluding carboxylic acids is 2. The van der Waals surface area contributed by atoms with E-state index in [0.717, 1.165) is 12.8 Å². The van der Waals surface area contributed by atoms with Gasteiger partial charge in [0.1, 0.15) is 11.1 Å². The lowest BCUT2D eigenvalue weighted by atomic mass is 10.0. The topological polar surface area (TPSA) is 58.6 Å². The predicted octanol–water partition coefficient (Wildman–Crippen LogP) is 3.31. The Morgan fingerprint density at radius 3 is 2.19 bits per heavy atom. The Morgan fingerprint density at radius 2 is 1.69 bits per heavy atom. The molecule has 6 heteroatoms. The van der Waals surface area contributed by atoms with E-state index < -0.39 is 11.5 Å². The Morgan fingerprint density at radius 1 is 1.12 bits per heavy atom. The van der Waals surface area contributed by atoms with Gasteiger partial charge in [-0.2, -0.15) is 0 Å². The average molecular weight is 381 g/mol. The molecule has 5 nitrogen and oxygen atoms in total. The molecule has 2 rings (SSSR count). The van der Waals surface area contributed by atoms with Gasteiger partial charge in [-0.15, -0.1) is 11.6 Å². The summed E-state index contributed by atoms with van der Waals surface area (Å²) in [6, 6.07) is 7.96. The maximum Gasteiger partial charge on any atom is 0.263 e. The van der Waals surface area contributed by atoms with Crippen molar-refractivity contribution in [2.75, 3.05) is 13.1 Å². The van der Waals surface area contributed by atoms with Crippen LogP contribution in [0.15, 0.2) is 24.3 Å². The molecule has 2 atom stereocenters. The van der Waals surface area contributed by atoms with Gasteiger partial charge in [0.15, 0.2) is 6.10 Å². The molecule has 0 radical (unpaired) electrons. The SMILES string of the molecule is CC(Cl)C(=O)NC1CCN(C(=O)C(C)Oc2ccc(C(C)C)cc2)CC1. The number of rotatable bonds is 6. The van der Waals surface area contributed by atoms with Crippen molar-refractivity contribution in [2.24, 2.45) is 0 Å². The first-order valence-corrected chi connectivity index (χ1v) is 9.71. The summed E-state index contributed by atoms with van der Waals surface area (Å²) in [6.07, 6.45) is 0.933. The molecule has 26 heavy (non-hydrogen) atoms. The highest BCUT2D eigenvalue weighted by Crippen LogP contribution is 2.20. The molecule has 0 bridgehead atoms. The summed E-state index contributed by atoms with van der Waals surface area (Å²) < 4.78 is 5.81. The Kier molecular flexibility index (Phi) is 7.33. The molecule has 0 aromatic heterocycles. The number of nitrogens with zero attached hydrogens (tertiary/aromatic N) is 1. The second-order valence-electron chi connectivity index (χ2n) is 7.21. The minimum absolute atomic E-state index is 0.0200. The lowest BCUT2D eigenvalue weighted by Crippen LogP contribution is -2.50. The van der Waals surface area contributed by atoms with Crippen LogP contribution in [0.1, 0.15) is 52.0 Å². The van der Waals surface area contributed by atoms with Gasteiger partial charge in [0.25, 0.3) is 5.91 Å². The first kappa shape index (κ1) is 20.6. The molecule has 0 spiro atoms. The van der Waals surface area contributed by atoms with Crippen LogP contribution in [0.25, 0.3) is 0 Å². The number of amides is 2. The second-order valence-corrected chi connectivity index (χ2v) is 7.86. The van der Waals surface area contributed by atoms with E-state index in [0.29, 0.717) is 24.8 Å². The zero-order valence-corrected chi connectivity index (χ0v) is 16.8. The Labute approximate surface area is 161 Å². The van der Waals surface area contributed by atoms with Crippen molar-refractivity contribution in [3.63, 3.8) is 0 Å². The van der Waals surface area contributed by atoms with E-state index in [4.69, 9.17) is 16.3 Å². The monoisotopic (exact) mass is 380 g/mol. The smallest absolute Gasteiger partial charge is 0.263 e. The molecular formula is C20H29ClN2O3. The van der Waals surface area contributed by atoms with Crippen molar-refractivity contribution in [3.8, 4) is 5.75 Å². The van der Waals surface area contributed by atoms with Crippen LogP contribution in [0.2, 0.25) is 0 Å². The van der Waals surface area contributed by atoms with Gasteiger partial charge >= 0.3 is 0 Å². The van der Waals surface area contributed by atoms with Gasteiger partial charge in [-0.3, -0.25) is 9.59 Å². The number of ether oxygens (including phenoxy) is 1. The summed E-state index contributed by atoms with van der Waals surface area (Å²) in [6.45, 7) is 8.94. The van der Waals surface area contributed by atoms with Gasteiger partial charge in [-0.25, -0.2) is 0 Å². The number of benzene rings is 1. The molecule has 1 aromatic carbocycles. The Bertz CT molecular complexity index is 608. The van der Waals surface area contributed by atoms with Gasteiger partial charge in [0, 0.05) is 19.1 Å². The first-order chi connectivity index (χ1) is 12.3. The fourth-order valence-corrected chi connectivity index (χ4v) is 3.07. The summed E-state index contributed by atoms with van der Waals surface area (Å²) in [5.74, 6) is 0.992. The molecule has 0 saturated carbocycles. The number of alkyl halides is 1. The Balaban J connectivity index is 1.82. The summed E-state index contributed by atoms with van der Waals surface area (Å²) >= 11 is 5.78. The highest BCUT2D eigenvalue weighted by Gasteiger charge is 2.28. The van der Waals surface area contributed by atoms with Crippen molar-refractivity contribution in [2.45, 2.75) is 64.0 Å². The van der Waals surface area contributed by atoms with Crippen molar-refractivity contribution >= 4 is 23.4 Å². The third-order valence-corrected chi connectivity index (χ3v) is 4.92. The van der Waals surface area contributed by atoms with Crippen LogP contribution in [0.5, 0.6) is 5.75 Å². The number of hydrogen-bond donors (Lipinski definition) is 1. The summed E-state index contributed by atoms with van der Waals surface area (Å²) in [5.41, 5.74) is 1.24. The van der Waals surface area contributed by atoms with Gasteiger partial charge in [-0.05, 0) is 50.3 Å². The van der Waals surface area contributed by atoms with Crippen molar-refractivity contribution in [3.05, 3.63) is 29.8 Å². The highest BCUT2D eigenvalue weighted by atomic mass is 35.5. The second kappa shape index (κ2) is 9.26. The van der Waals surface area contributed by atoms with Crippen molar-refractivity contribution < 1.29 is 14.3 Å². The molecule has 1 aliphatic rings. The fourth-order valence-electron chi connectivity index (χ4n) is 3.00. The van der Waals surface area contributed by atoms with E-state index in [2.05, 4.69) is 19.2 Å². The van der Waals surface area contributed by atoms with Gasteiger partial charge in [0.05, 0.1) is 0 Å². The van der Waals surface area contributed by atoms with Crippen molar-refractivity contribution in [1.82, 2.24) is 10.2 Å². The van der Waals surface area contributed by atoms with Crippen LogP contribution < -0.4 is 10.1 Å². The van der Waals surface area contributed by atoms with E-state index in [1.54, 1.807) is 18.7 Å². The van der Waals surface area contributed by atoms with Crippen LogP contribution in [0.3, 0.4) is 0 Å². The summed E-state index contributed by atoms with van der Waals surface area (Å²) in [4.78, 5) is 26.1. The molecule has 1 fully saturated rings. The average Bonchev–Trinajstić information content (AvgIpc) is 2.62. The van der Waals surface area contributed by atoms with E-state index in [1.165, 1.54) is 5.56 Å². The number of carbonyl (C=O) groups is 2. The molecule has 1 saturated heterocycles. The molecule has 1 aliphatic heterocycles. The molecule has 1 heterocycles. The van der Waals surface area contributed by atoms with E-state index >= 15 is 0 Å². The molecule has 2 amide bonds. The number of piperidine rings is 1. The van der Waals surface area contributed by atoms with Crippen molar-refractivity contribution in [1.29, 1.82) is 0 Å². The molecule has 144 valence electrons. The lowest BCUT2D eigenvalue weighted by Gasteiger charge is -2.34. The largest absolute Gasteiger partial charge is 0.481 e. The number of halogens is 1. The molecule has 1 N–H and O–H groups in total. The Hall–Kier alpha value is -1.75. The van der Waals surface area contributed by atoms with Crippen LogP contribution in [-0.4, -0.2) is 47.3 Å². The molecule has 0 aliphatic carbocycles. The van der Waals surface area contributed by atoms with E-state index in [9.17, 15) is 9.59 Å². The molecule has 2 unspecified atom stereocenters. The molecule has 1 aromatic rings. The normalized spacial score (nSPS) is 17.7. The minimum atomic E-state index is -0.537. The van der Waals surface area contributed by atoms with Crippen LogP contribution in [-0.2, 0) is 9.59 Å². The maximum absolute atomic E-state index is 12.6. The van der Waals surface area contributed by atoms with Crippen LogP contribution >= 0.6 is 11.6 Å². The van der Waals surface area contributed by atoms with Crippen LogP contribution in [0.4, 0.5) is 0 Å². The van der Waals surface area contributed by atoms with Gasteiger partial charge in [-0.1, -0.05) is 26.0 Å². The fraction of sp³-hybridized carbons (Fsp3) is 0.600. The van der Waals surface area contributed by atoms with Gasteiger partial charge < -0.3 is 15.0 Å². The minimum Gasteiger partial charge on any atom is -0.481 e. The third-order valence-electron chi connectivity index (χ3n) is 4.72. The van der Waals surface area contributed by atoms with E-state index in [-0.39, 0.29) is 17.9 Å². The standard InChI is InChI=1S/C20H29ClN2O3/c1-13(2)16-5-7-18(8-6-16)26-15(4)20(25)23-11-9-17(10-12-23)22-19(24)14(3)21/h5-8,13-15,17H,9-12H2,1-4H3,(H,22,24). The lowest BCUT2D eigenvalue weighted by molar-refractivity contribution is -0.139. The zero-order valence-electron chi connectivity index (χ0n) is 16.0. The van der Waals surface area contributed by atoms with Crippen LogP contribution in [0, 0.1) is 0 Å². The summed E-state index contributed by atoms with van der Waals surface area (Å²) in [7, 11) is 0. The highest BCUT2D eigenvalue weighted by molar-refractivity contribution is 6.30. The number of nitrogens with one attached hydrogen (secondary N) is 1. The number of hydrogen-bond acceptors (Lipinski definition) is 3. The zero-order chi connectivity index (χ0) is 19.3. The number of likely N-dealkylation sites (tertiary alicyclic amines) is 1. The van der Waals surface area contributed by atoms with E-state index in [1.807, 2.05) is 24.3 Å². The first-order valence-electron chi connectivity index (χ1n) is 9.27. The quantitative estimate of drug-likeness (QED) is 0.770. The molecular weight excluding hydrogens is 352 g/mol. The third kappa shape index (κ3) is 5.63.